The van der Waals surface area contributed by atoms with E-state index in [4.69, 9.17) is 47.7 Å². The van der Waals surface area contributed by atoms with E-state index in [1.165, 1.54) is 18.7 Å². The van der Waals surface area contributed by atoms with Gasteiger partial charge in [0.05, 0.1) is 58.0 Å². The molecule has 17 nitrogen and oxygen atoms in total. The van der Waals surface area contributed by atoms with Crippen molar-refractivity contribution in [2.24, 2.45) is 0 Å². The minimum atomic E-state index is -0.165. The number of hydrogen-bond acceptors (Lipinski definition) is 13. The van der Waals surface area contributed by atoms with Gasteiger partial charge in [-0.1, -0.05) is 11.6 Å². The van der Waals surface area contributed by atoms with E-state index in [-0.39, 0.29) is 24.1 Å². The number of phenols is 1. The number of piperidine rings is 1. The molecule has 314 valence electrons. The van der Waals surface area contributed by atoms with Crippen molar-refractivity contribution in [3.63, 3.8) is 0 Å². The molecule has 0 spiro atoms. The number of nitrogens with one attached hydrogen (secondary N) is 2. The summed E-state index contributed by atoms with van der Waals surface area (Å²) < 4.78 is 16.3. The molecule has 8 aromatic rings. The second-order valence-corrected chi connectivity index (χ2v) is 17.0. The molecule has 1 atom stereocenters. The number of rotatable bonds is 8. The number of aromatic nitrogens is 10. The topological polar surface area (TPSA) is 216 Å². The summed E-state index contributed by atoms with van der Waals surface area (Å²) in [5.74, 6) is 1.65. The molecule has 3 fully saturated rings. The van der Waals surface area contributed by atoms with Crippen LogP contribution in [0.2, 0.25) is 5.02 Å². The summed E-state index contributed by atoms with van der Waals surface area (Å²) in [6.07, 6.45) is 8.84. The van der Waals surface area contributed by atoms with Crippen molar-refractivity contribution in [1.29, 1.82) is 0 Å². The molecule has 1 saturated carbocycles. The maximum Gasteiger partial charge on any atom is 0.164 e. The molecule has 2 aromatic carbocycles. The second kappa shape index (κ2) is 15.2. The Morgan fingerprint density at radius 3 is 2.02 bits per heavy atom. The number of nitrogens with zero attached hydrogens (tertiary/aromatic N) is 10. The first-order chi connectivity index (χ1) is 29.8. The highest BCUT2D eigenvalue weighted by Crippen LogP contribution is 2.40. The summed E-state index contributed by atoms with van der Waals surface area (Å²) in [6, 6.07) is 14.2. The fourth-order valence-electron chi connectivity index (χ4n) is 9.88. The van der Waals surface area contributed by atoms with Gasteiger partial charge in [-0.05, 0) is 81.8 Å². The molecule has 2 aliphatic heterocycles. The number of fused-ring (bicyclic) bond motifs is 4. The predicted octanol–water partition coefficient (Wildman–Crippen LogP) is 6.66. The number of aromatic hydroxyl groups is 1. The van der Waals surface area contributed by atoms with Gasteiger partial charge in [-0.25, -0.2) is 29.3 Å². The number of hydrogen-bond donors (Lipinski definition) is 5. The first-order valence-corrected chi connectivity index (χ1v) is 21.5. The minimum Gasteiger partial charge on any atom is -0.508 e. The number of morpholine rings is 1. The van der Waals surface area contributed by atoms with Crippen LogP contribution in [0.25, 0.3) is 66.6 Å². The van der Waals surface area contributed by atoms with Crippen LogP contribution in [-0.2, 0) is 4.74 Å². The van der Waals surface area contributed by atoms with E-state index >= 15 is 0 Å². The Kier molecular flexibility index (Phi) is 9.43. The highest BCUT2D eigenvalue weighted by Gasteiger charge is 2.32. The van der Waals surface area contributed by atoms with Gasteiger partial charge >= 0.3 is 0 Å². The van der Waals surface area contributed by atoms with E-state index in [0.29, 0.717) is 44.9 Å². The number of nitrogen functional groups attached to an aromatic ring is 2. The lowest BCUT2D eigenvalue weighted by molar-refractivity contribution is 0.00520. The summed E-state index contributed by atoms with van der Waals surface area (Å²) in [6.45, 7) is 7.36. The molecule has 8 heterocycles. The molecular formula is C43H47ClN14O3. The van der Waals surface area contributed by atoms with Crippen LogP contribution in [0.3, 0.4) is 0 Å². The molecule has 1 unspecified atom stereocenters. The molecule has 18 heteroatoms. The molecule has 6 aromatic heterocycles. The third-order valence-corrected chi connectivity index (χ3v) is 13.3. The molecule has 3 aliphatic rings. The van der Waals surface area contributed by atoms with Crippen molar-refractivity contribution in [1.82, 2.24) is 59.3 Å². The summed E-state index contributed by atoms with van der Waals surface area (Å²) >= 11 is 6.45. The molecule has 11 rings (SSSR count). The van der Waals surface area contributed by atoms with Crippen LogP contribution in [0.5, 0.6) is 11.5 Å². The standard InChI is InChI=1S/C43H47ClN14O3/c1-23(55-10-8-28(9-11-55)58-43-36(41(46)48-22-50-43)39(54-58)34-19-25-16-29(59)20-31(44)37(25)52-34)61-30-6-7-32-24(17-30)18-33(51-32)38-35-40(45)47-21-49-42(35)57(53-38)27-4-2-26(3-5-27)56-12-14-60-15-13-56/h6-7,16-23,26-28,51-52,59H,2-5,8-15H2,1H3,(H2,45,47,49)(H2,46,48,50). The van der Waals surface area contributed by atoms with Crippen LogP contribution < -0.4 is 16.2 Å². The molecule has 0 bridgehead atoms. The quantitative estimate of drug-likeness (QED) is 0.108. The Bertz CT molecular complexity index is 2920. The van der Waals surface area contributed by atoms with Crippen molar-refractivity contribution in [3.8, 4) is 34.3 Å². The lowest BCUT2D eigenvalue weighted by atomic mass is 9.90. The van der Waals surface area contributed by atoms with Gasteiger partial charge in [-0.3, -0.25) is 9.80 Å². The monoisotopic (exact) mass is 842 g/mol. The lowest BCUT2D eigenvalue weighted by Crippen LogP contribution is -2.45. The van der Waals surface area contributed by atoms with E-state index in [9.17, 15) is 5.11 Å². The van der Waals surface area contributed by atoms with Gasteiger partial charge < -0.3 is 36.0 Å². The van der Waals surface area contributed by atoms with Crippen molar-refractivity contribution in [3.05, 3.63) is 60.1 Å². The van der Waals surface area contributed by atoms with Crippen LogP contribution in [0.15, 0.2) is 55.1 Å². The number of phenolic OH excluding ortho intramolecular Hbond substituents is 1. The molecule has 1 aliphatic carbocycles. The first kappa shape index (κ1) is 38.0. The van der Waals surface area contributed by atoms with Crippen LogP contribution in [-0.4, -0.2) is 116 Å². The number of aromatic amines is 2. The smallest absolute Gasteiger partial charge is 0.164 e. The maximum absolute atomic E-state index is 10.1. The fraction of sp³-hybridized carbons (Fsp3) is 0.395. The van der Waals surface area contributed by atoms with Gasteiger partial charge in [0.2, 0.25) is 0 Å². The summed E-state index contributed by atoms with van der Waals surface area (Å²) in [7, 11) is 0. The van der Waals surface area contributed by atoms with E-state index in [1.54, 1.807) is 6.07 Å². The van der Waals surface area contributed by atoms with Gasteiger partial charge in [-0.2, -0.15) is 10.2 Å². The minimum absolute atomic E-state index is 0.0877. The third kappa shape index (κ3) is 6.75. The van der Waals surface area contributed by atoms with Crippen LogP contribution in [0.1, 0.15) is 57.5 Å². The summed E-state index contributed by atoms with van der Waals surface area (Å²) in [4.78, 5) is 29.9. The van der Waals surface area contributed by atoms with Crippen molar-refractivity contribution < 1.29 is 14.6 Å². The van der Waals surface area contributed by atoms with Crippen molar-refractivity contribution >= 4 is 67.1 Å². The third-order valence-electron chi connectivity index (χ3n) is 13.0. The summed E-state index contributed by atoms with van der Waals surface area (Å²) in [5, 5.41) is 24.0. The van der Waals surface area contributed by atoms with Gasteiger partial charge in [0.1, 0.15) is 53.4 Å². The molecule has 7 N–H and O–H groups in total. The highest BCUT2D eigenvalue weighted by molar-refractivity contribution is 6.35. The van der Waals surface area contributed by atoms with Gasteiger partial charge in [0.25, 0.3) is 0 Å². The van der Waals surface area contributed by atoms with E-state index in [0.717, 1.165) is 128 Å². The number of halogens is 1. The van der Waals surface area contributed by atoms with Crippen molar-refractivity contribution in [2.75, 3.05) is 50.9 Å². The SMILES string of the molecule is CC(Oc1ccc2[nH]c(-c3nn(C4CCC(N5CCOCC5)CC4)c4ncnc(N)c34)cc2c1)N1CCC(n2nc(-c3cc4cc(O)cc(Cl)c4[nH]3)c3c(N)ncnc32)CC1. The van der Waals surface area contributed by atoms with Gasteiger partial charge in [0, 0.05) is 54.6 Å². The zero-order valence-corrected chi connectivity index (χ0v) is 34.5. The normalized spacial score (nSPS) is 20.4. The summed E-state index contributed by atoms with van der Waals surface area (Å²) in [5.41, 5.74) is 19.1. The Hall–Kier alpha value is -6.01. The largest absolute Gasteiger partial charge is 0.508 e. The van der Waals surface area contributed by atoms with Crippen molar-refractivity contribution in [2.45, 2.75) is 69.8 Å². The number of nitrogens with two attached hydrogens (primary N) is 2. The first-order valence-electron chi connectivity index (χ1n) is 21.1. The second-order valence-electron chi connectivity index (χ2n) is 16.6. The number of H-pyrrole nitrogens is 2. The highest BCUT2D eigenvalue weighted by atomic mass is 35.5. The number of benzene rings is 2. The number of anilines is 2. The van der Waals surface area contributed by atoms with Gasteiger partial charge in [0.15, 0.2) is 11.3 Å². The Morgan fingerprint density at radius 1 is 0.738 bits per heavy atom. The molecule has 0 amide bonds. The predicted molar refractivity (Wildman–Crippen MR) is 234 cm³/mol. The van der Waals surface area contributed by atoms with Crippen LogP contribution >= 0.6 is 11.6 Å². The number of likely N-dealkylation sites (tertiary alicyclic amines) is 1. The van der Waals surface area contributed by atoms with E-state index in [1.807, 2.05) is 16.8 Å². The zero-order valence-electron chi connectivity index (χ0n) is 33.8. The maximum atomic E-state index is 10.1. The Morgan fingerprint density at radius 2 is 1.34 bits per heavy atom. The lowest BCUT2D eigenvalue weighted by Gasteiger charge is -2.38. The molecule has 0 radical (unpaired) electrons. The molecular weight excluding hydrogens is 796 g/mol. The molecule has 2 saturated heterocycles. The zero-order chi connectivity index (χ0) is 41.4. The van der Waals surface area contributed by atoms with Crippen LogP contribution in [0, 0.1) is 0 Å². The van der Waals surface area contributed by atoms with Crippen LogP contribution in [0.4, 0.5) is 11.6 Å². The van der Waals surface area contributed by atoms with E-state index in [2.05, 4.69) is 64.5 Å². The molecule has 61 heavy (non-hydrogen) atoms. The van der Waals surface area contributed by atoms with Gasteiger partial charge in [-0.15, -0.1) is 0 Å². The Balaban J connectivity index is 0.790. The number of ether oxygens (including phenoxy) is 2. The Labute approximate surface area is 355 Å². The van der Waals surface area contributed by atoms with E-state index < -0.39 is 0 Å². The average molecular weight is 843 g/mol. The average Bonchev–Trinajstić information content (AvgIpc) is 4.08. The fourth-order valence-corrected chi connectivity index (χ4v) is 10.1.